The molecule has 5 heteroatoms. The van der Waals surface area contributed by atoms with Crippen molar-refractivity contribution < 1.29 is 8.42 Å². The molecular formula is C26H28N2O2S. The van der Waals surface area contributed by atoms with Gasteiger partial charge in [-0.15, -0.1) is 0 Å². The van der Waals surface area contributed by atoms with E-state index in [4.69, 9.17) is 0 Å². The fourth-order valence-electron chi connectivity index (χ4n) is 4.13. The summed E-state index contributed by atoms with van der Waals surface area (Å²) in [5.41, 5.74) is 5.89. The number of unbranched alkanes of at least 4 members (excludes halogenated alkanes) is 2. The molecule has 0 aliphatic heterocycles. The zero-order chi connectivity index (χ0) is 21.7. The molecule has 0 radical (unpaired) electrons. The first kappa shape index (κ1) is 21.5. The van der Waals surface area contributed by atoms with E-state index in [0.29, 0.717) is 17.7 Å². The Morgan fingerprint density at radius 3 is 2.58 bits per heavy atom. The van der Waals surface area contributed by atoms with E-state index in [-0.39, 0.29) is 6.04 Å². The Balaban J connectivity index is 1.56. The number of sulfonamides is 1. The van der Waals surface area contributed by atoms with Crippen molar-refractivity contribution in [3.63, 3.8) is 0 Å². The molecule has 0 saturated heterocycles. The van der Waals surface area contributed by atoms with Gasteiger partial charge in [0.15, 0.2) is 0 Å². The highest BCUT2D eigenvalue weighted by Gasteiger charge is 2.27. The number of fused-ring (bicyclic) bond motifs is 1. The topological polar surface area (TPSA) is 59.1 Å². The number of hydrogen-bond acceptors (Lipinski definition) is 3. The molecule has 0 fully saturated rings. The lowest BCUT2D eigenvalue weighted by molar-refractivity contribution is 0.555. The molecule has 1 heterocycles. The van der Waals surface area contributed by atoms with Crippen molar-refractivity contribution in [2.75, 3.05) is 0 Å². The number of nitrogens with zero attached hydrogens (tertiary/aromatic N) is 1. The van der Waals surface area contributed by atoms with Crippen molar-refractivity contribution in [2.45, 2.75) is 50.0 Å². The highest BCUT2D eigenvalue weighted by Crippen LogP contribution is 2.30. The van der Waals surface area contributed by atoms with Gasteiger partial charge in [-0.1, -0.05) is 68.3 Å². The minimum absolute atomic E-state index is 0.124. The lowest BCUT2D eigenvalue weighted by Gasteiger charge is -2.12. The van der Waals surface area contributed by atoms with E-state index in [1.807, 2.05) is 18.3 Å². The molecule has 1 unspecified atom stereocenters. The maximum Gasteiger partial charge on any atom is 0.240 e. The van der Waals surface area contributed by atoms with Gasteiger partial charge in [-0.3, -0.25) is 4.98 Å². The minimum Gasteiger partial charge on any atom is -0.264 e. The molecule has 1 aliphatic carbocycles. The summed E-state index contributed by atoms with van der Waals surface area (Å²) in [4.78, 5) is 4.61. The van der Waals surface area contributed by atoms with Gasteiger partial charge < -0.3 is 0 Å². The summed E-state index contributed by atoms with van der Waals surface area (Å²) in [5.74, 6) is 0. The van der Waals surface area contributed by atoms with E-state index >= 15 is 0 Å². The van der Waals surface area contributed by atoms with Gasteiger partial charge >= 0.3 is 0 Å². The van der Waals surface area contributed by atoms with Crippen molar-refractivity contribution in [1.29, 1.82) is 0 Å². The summed E-state index contributed by atoms with van der Waals surface area (Å²) in [5, 5.41) is 0. The summed E-state index contributed by atoms with van der Waals surface area (Å²) in [6.45, 7) is 2.20. The van der Waals surface area contributed by atoms with Crippen LogP contribution in [0.5, 0.6) is 0 Å². The molecule has 0 bridgehead atoms. The van der Waals surface area contributed by atoms with E-state index in [0.717, 1.165) is 30.4 Å². The number of allylic oxidation sites excluding steroid dienone is 1. The normalized spacial score (nSPS) is 16.3. The summed E-state index contributed by atoms with van der Waals surface area (Å²) in [6.07, 6.45) is 10.7. The molecule has 1 N–H and O–H groups in total. The Kier molecular flexibility index (Phi) is 6.64. The zero-order valence-electron chi connectivity index (χ0n) is 17.8. The van der Waals surface area contributed by atoms with Crippen LogP contribution in [0.15, 0.2) is 84.0 Å². The fraction of sp³-hybridized carbons (Fsp3) is 0.269. The monoisotopic (exact) mass is 432 g/mol. The van der Waals surface area contributed by atoms with Crippen molar-refractivity contribution in [3.8, 4) is 0 Å². The van der Waals surface area contributed by atoms with Crippen molar-refractivity contribution >= 4 is 15.6 Å². The van der Waals surface area contributed by atoms with Crippen molar-refractivity contribution in [2.24, 2.45) is 0 Å². The van der Waals surface area contributed by atoms with Crippen molar-refractivity contribution in [1.82, 2.24) is 9.71 Å². The molecule has 1 aliphatic rings. The Labute approximate surface area is 185 Å². The third-order valence-electron chi connectivity index (χ3n) is 5.70. The Morgan fingerprint density at radius 1 is 1.03 bits per heavy atom. The Morgan fingerprint density at radius 2 is 1.84 bits per heavy atom. The second-order valence-corrected chi connectivity index (χ2v) is 9.74. The predicted molar refractivity (Wildman–Crippen MR) is 125 cm³/mol. The second kappa shape index (κ2) is 9.58. The maximum absolute atomic E-state index is 12.7. The van der Waals surface area contributed by atoms with Crippen LogP contribution in [0.3, 0.4) is 0 Å². The average molecular weight is 433 g/mol. The first-order valence-electron chi connectivity index (χ1n) is 10.9. The highest BCUT2D eigenvalue weighted by atomic mass is 32.2. The van der Waals surface area contributed by atoms with Crippen LogP contribution in [0, 0.1) is 0 Å². The number of nitrogens with one attached hydrogen (secondary N) is 1. The summed E-state index contributed by atoms with van der Waals surface area (Å²) >= 11 is 0. The van der Waals surface area contributed by atoms with E-state index in [2.05, 4.69) is 47.0 Å². The van der Waals surface area contributed by atoms with Gasteiger partial charge in [0.2, 0.25) is 10.0 Å². The number of benzene rings is 2. The van der Waals surface area contributed by atoms with Gasteiger partial charge in [0.05, 0.1) is 4.90 Å². The Hall–Kier alpha value is -2.76. The molecule has 0 saturated carbocycles. The molecule has 160 valence electrons. The first-order valence-corrected chi connectivity index (χ1v) is 12.4. The van der Waals surface area contributed by atoms with Crippen LogP contribution in [0.2, 0.25) is 0 Å². The van der Waals surface area contributed by atoms with Gasteiger partial charge in [0.25, 0.3) is 0 Å². The summed E-state index contributed by atoms with van der Waals surface area (Å²) in [7, 11) is -3.52. The smallest absolute Gasteiger partial charge is 0.240 e. The van der Waals surface area contributed by atoms with E-state index in [9.17, 15) is 8.42 Å². The molecule has 1 atom stereocenters. The largest absolute Gasteiger partial charge is 0.264 e. The van der Waals surface area contributed by atoms with Crippen LogP contribution in [-0.2, 0) is 22.9 Å². The quantitative estimate of drug-likeness (QED) is 0.501. The highest BCUT2D eigenvalue weighted by molar-refractivity contribution is 7.89. The summed E-state index contributed by atoms with van der Waals surface area (Å²) < 4.78 is 28.3. The molecule has 2 aromatic carbocycles. The molecule has 0 spiro atoms. The Bertz CT molecular complexity index is 1160. The molecule has 1 aromatic heterocycles. The van der Waals surface area contributed by atoms with Crippen LogP contribution >= 0.6 is 0 Å². The summed E-state index contributed by atoms with van der Waals surface area (Å²) in [6, 6.07) is 19.0. The van der Waals surface area contributed by atoms with Gasteiger partial charge in [0.1, 0.15) is 0 Å². The molecule has 31 heavy (non-hydrogen) atoms. The number of aromatic nitrogens is 1. The van der Waals surface area contributed by atoms with E-state index in [1.54, 1.807) is 30.5 Å². The second-order valence-electron chi connectivity index (χ2n) is 8.02. The number of pyridine rings is 1. The minimum atomic E-state index is -3.52. The fourth-order valence-corrected chi connectivity index (χ4v) is 5.39. The van der Waals surface area contributed by atoms with Crippen molar-refractivity contribution in [3.05, 3.63) is 101 Å². The van der Waals surface area contributed by atoms with Gasteiger partial charge in [-0.2, -0.15) is 0 Å². The van der Waals surface area contributed by atoms with E-state index < -0.39 is 10.0 Å². The van der Waals surface area contributed by atoms with Crippen LogP contribution in [0.4, 0.5) is 0 Å². The van der Waals surface area contributed by atoms with Gasteiger partial charge in [-0.25, -0.2) is 13.1 Å². The third-order valence-corrected chi connectivity index (χ3v) is 7.24. The molecule has 3 aromatic rings. The molecule has 4 nitrogen and oxygen atoms in total. The molecule has 4 rings (SSSR count). The SMILES string of the molecule is CCCCC=C(c1cccnc1)c1ccc2c(c1)CC(NS(=O)(=O)c1ccccc1)C2. The van der Waals surface area contributed by atoms with Gasteiger partial charge in [0, 0.05) is 24.0 Å². The number of rotatable bonds is 8. The zero-order valence-corrected chi connectivity index (χ0v) is 18.6. The van der Waals surface area contributed by atoms with Crippen LogP contribution < -0.4 is 4.72 Å². The van der Waals surface area contributed by atoms with Gasteiger partial charge in [-0.05, 0) is 59.7 Å². The van der Waals surface area contributed by atoms with Crippen LogP contribution in [0.25, 0.3) is 5.57 Å². The van der Waals surface area contributed by atoms with E-state index in [1.165, 1.54) is 16.7 Å². The first-order chi connectivity index (χ1) is 15.1. The average Bonchev–Trinajstić information content (AvgIpc) is 3.18. The maximum atomic E-state index is 12.7. The van der Waals surface area contributed by atoms with Crippen LogP contribution in [-0.4, -0.2) is 19.4 Å². The lowest BCUT2D eigenvalue weighted by atomic mass is 9.95. The number of hydrogen-bond donors (Lipinski definition) is 1. The standard InChI is InChI=1S/C26H28N2O2S/c1-2-3-5-12-26(22-9-8-15-27-19-22)21-14-13-20-17-24(18-23(20)16-21)28-31(29,30)25-10-6-4-7-11-25/h4,6-16,19,24,28H,2-3,5,17-18H2,1H3. The predicted octanol–water partition coefficient (Wildman–Crippen LogP) is 5.15. The molecule has 0 amide bonds. The molecular weight excluding hydrogens is 404 g/mol. The lowest BCUT2D eigenvalue weighted by Crippen LogP contribution is -2.35. The third kappa shape index (κ3) is 5.12. The van der Waals surface area contributed by atoms with Crippen LogP contribution in [0.1, 0.15) is 48.4 Å².